The van der Waals surface area contributed by atoms with Gasteiger partial charge in [-0.3, -0.25) is 10.1 Å². The third-order valence-electron chi connectivity index (χ3n) is 4.17. The highest BCUT2D eigenvalue weighted by Gasteiger charge is 2.06. The van der Waals surface area contributed by atoms with Crippen LogP contribution in [-0.4, -0.2) is 37.8 Å². The molecule has 2 aromatic rings. The topological polar surface area (TPSA) is 98.0 Å². The fourth-order valence-corrected chi connectivity index (χ4v) is 2.62. The lowest BCUT2D eigenvalue weighted by Gasteiger charge is -2.14. The number of benzene rings is 2. The van der Waals surface area contributed by atoms with Crippen LogP contribution < -0.4 is 15.4 Å². The van der Waals surface area contributed by atoms with E-state index in [1.165, 1.54) is 12.1 Å². The number of methoxy groups -OCH3 is 1. The normalized spacial score (nSPS) is 10.8. The van der Waals surface area contributed by atoms with Crippen molar-refractivity contribution in [2.75, 3.05) is 26.9 Å². The van der Waals surface area contributed by atoms with Crippen molar-refractivity contribution >= 4 is 35.6 Å². The quantitative estimate of drug-likeness (QED) is 0.115. The van der Waals surface area contributed by atoms with E-state index in [1.54, 1.807) is 19.2 Å². The number of hydrogen-bond acceptors (Lipinski definition) is 5. The van der Waals surface area contributed by atoms with Gasteiger partial charge in [0.2, 0.25) is 0 Å². The molecule has 9 heteroatoms. The molecule has 0 saturated heterocycles. The molecule has 2 aromatic carbocycles. The second kappa shape index (κ2) is 14.6. The molecule has 0 unspecified atom stereocenters. The van der Waals surface area contributed by atoms with E-state index < -0.39 is 4.92 Å². The summed E-state index contributed by atoms with van der Waals surface area (Å²) in [6.07, 6.45) is 0.862. The first-order valence-corrected chi connectivity index (χ1v) is 9.59. The van der Waals surface area contributed by atoms with E-state index in [4.69, 9.17) is 9.47 Å². The predicted octanol–water partition coefficient (Wildman–Crippen LogP) is 3.88. The molecule has 0 heterocycles. The first kappa shape index (κ1) is 25.6. The molecular weight excluding hydrogens is 499 g/mol. The smallest absolute Gasteiger partial charge is 0.269 e. The van der Waals surface area contributed by atoms with Gasteiger partial charge in [0.25, 0.3) is 5.69 Å². The van der Waals surface area contributed by atoms with Crippen molar-refractivity contribution in [3.63, 3.8) is 0 Å². The zero-order valence-electron chi connectivity index (χ0n) is 17.3. The Bertz CT molecular complexity index is 800. The minimum Gasteiger partial charge on any atom is -0.496 e. The second-order valence-corrected chi connectivity index (χ2v) is 6.23. The number of aliphatic imine (C=N–C) groups is 1. The fraction of sp³-hybridized carbons (Fsp3) is 0.381. The highest BCUT2D eigenvalue weighted by Crippen LogP contribution is 2.16. The maximum atomic E-state index is 10.8. The lowest BCUT2D eigenvalue weighted by atomic mass is 10.2. The van der Waals surface area contributed by atoms with E-state index in [-0.39, 0.29) is 29.7 Å². The molecule has 30 heavy (non-hydrogen) atoms. The van der Waals surface area contributed by atoms with Crippen molar-refractivity contribution in [3.8, 4) is 5.75 Å². The lowest BCUT2D eigenvalue weighted by Crippen LogP contribution is -2.37. The first-order chi connectivity index (χ1) is 14.1. The van der Waals surface area contributed by atoms with Gasteiger partial charge in [-0.1, -0.05) is 30.3 Å². The van der Waals surface area contributed by atoms with Gasteiger partial charge in [-0.2, -0.15) is 0 Å². The van der Waals surface area contributed by atoms with Crippen LogP contribution in [-0.2, 0) is 17.8 Å². The molecule has 8 nitrogen and oxygen atoms in total. The maximum Gasteiger partial charge on any atom is 0.269 e. The highest BCUT2D eigenvalue weighted by molar-refractivity contribution is 14.0. The van der Waals surface area contributed by atoms with Crippen molar-refractivity contribution in [2.24, 2.45) is 4.99 Å². The molecule has 0 aliphatic heterocycles. The van der Waals surface area contributed by atoms with Crippen molar-refractivity contribution < 1.29 is 14.4 Å². The number of halogens is 1. The van der Waals surface area contributed by atoms with Crippen LogP contribution in [0.2, 0.25) is 0 Å². The maximum absolute atomic E-state index is 10.8. The number of non-ortho nitro benzene ring substituents is 1. The Morgan fingerprint density at radius 1 is 1.13 bits per heavy atom. The van der Waals surface area contributed by atoms with E-state index >= 15 is 0 Å². The minimum absolute atomic E-state index is 0. The van der Waals surface area contributed by atoms with Crippen LogP contribution in [0.25, 0.3) is 0 Å². The summed E-state index contributed by atoms with van der Waals surface area (Å²) in [5.41, 5.74) is 1.98. The van der Waals surface area contributed by atoms with E-state index in [1.807, 2.05) is 31.2 Å². The van der Waals surface area contributed by atoms with Gasteiger partial charge in [-0.25, -0.2) is 4.99 Å². The molecule has 2 rings (SSSR count). The van der Waals surface area contributed by atoms with Crippen molar-refractivity contribution in [2.45, 2.75) is 26.4 Å². The van der Waals surface area contributed by atoms with Gasteiger partial charge in [-0.15, -0.1) is 24.0 Å². The van der Waals surface area contributed by atoms with Gasteiger partial charge in [0.05, 0.1) is 18.6 Å². The zero-order chi connectivity index (χ0) is 20.9. The zero-order valence-corrected chi connectivity index (χ0v) is 19.6. The monoisotopic (exact) mass is 528 g/mol. The van der Waals surface area contributed by atoms with Crippen LogP contribution in [0, 0.1) is 10.1 Å². The third-order valence-corrected chi connectivity index (χ3v) is 4.17. The molecule has 0 aliphatic rings. The molecule has 164 valence electrons. The van der Waals surface area contributed by atoms with Crippen molar-refractivity contribution in [1.82, 2.24) is 10.6 Å². The van der Waals surface area contributed by atoms with Crippen LogP contribution in [0.4, 0.5) is 5.69 Å². The minimum atomic E-state index is -0.410. The number of nitrogens with zero attached hydrogens (tertiary/aromatic N) is 2. The SMILES string of the molecule is CCOCCCNC(=NCc1ccc([N+](=O)[O-])cc1)NCc1ccccc1OC.I. The molecule has 0 fully saturated rings. The first-order valence-electron chi connectivity index (χ1n) is 9.59. The van der Waals surface area contributed by atoms with E-state index in [2.05, 4.69) is 15.6 Å². The molecule has 0 bridgehead atoms. The fourth-order valence-electron chi connectivity index (χ4n) is 2.62. The van der Waals surface area contributed by atoms with Crippen LogP contribution in [0.1, 0.15) is 24.5 Å². The Balaban J connectivity index is 0.00000450. The summed E-state index contributed by atoms with van der Waals surface area (Å²) in [6, 6.07) is 14.2. The Labute approximate surface area is 194 Å². The Hall–Kier alpha value is -2.40. The summed E-state index contributed by atoms with van der Waals surface area (Å²) in [7, 11) is 1.65. The number of nitro benzene ring substituents is 1. The molecule has 0 amide bonds. The standard InChI is InChI=1S/C21H28N4O4.HI/c1-3-29-14-6-13-22-21(24-16-18-7-4-5-8-20(18)28-2)23-15-17-9-11-19(12-10-17)25(26)27;/h4-5,7-12H,3,6,13-16H2,1-2H3,(H2,22,23,24);1H. The number of nitro groups is 1. The number of rotatable bonds is 11. The van der Waals surface area contributed by atoms with Gasteiger partial charge < -0.3 is 20.1 Å². The average molecular weight is 528 g/mol. The molecule has 0 saturated carbocycles. The van der Waals surface area contributed by atoms with Crippen LogP contribution >= 0.6 is 24.0 Å². The van der Waals surface area contributed by atoms with Crippen LogP contribution in [0.3, 0.4) is 0 Å². The van der Waals surface area contributed by atoms with Gasteiger partial charge in [0, 0.05) is 44.0 Å². The summed E-state index contributed by atoms with van der Waals surface area (Å²) >= 11 is 0. The number of para-hydroxylation sites is 1. The number of nitrogens with one attached hydrogen (secondary N) is 2. The lowest BCUT2D eigenvalue weighted by molar-refractivity contribution is -0.384. The summed E-state index contributed by atoms with van der Waals surface area (Å²) in [5, 5.41) is 17.4. The molecule has 0 aromatic heterocycles. The van der Waals surface area contributed by atoms with Gasteiger partial charge >= 0.3 is 0 Å². The summed E-state index contributed by atoms with van der Waals surface area (Å²) in [6.45, 7) is 5.04. The summed E-state index contributed by atoms with van der Waals surface area (Å²) in [5.74, 6) is 1.47. The molecule has 0 aliphatic carbocycles. The van der Waals surface area contributed by atoms with Crippen LogP contribution in [0.5, 0.6) is 5.75 Å². The number of hydrogen-bond donors (Lipinski definition) is 2. The Morgan fingerprint density at radius 3 is 2.53 bits per heavy atom. The van der Waals surface area contributed by atoms with Gasteiger partial charge in [0.15, 0.2) is 5.96 Å². The number of guanidine groups is 1. The van der Waals surface area contributed by atoms with E-state index in [9.17, 15) is 10.1 Å². The largest absolute Gasteiger partial charge is 0.496 e. The van der Waals surface area contributed by atoms with Gasteiger partial charge in [0.1, 0.15) is 5.75 Å². The second-order valence-electron chi connectivity index (χ2n) is 6.23. The Morgan fingerprint density at radius 2 is 1.87 bits per heavy atom. The summed E-state index contributed by atoms with van der Waals surface area (Å²) < 4.78 is 10.8. The average Bonchev–Trinajstić information content (AvgIpc) is 2.75. The molecular formula is C21H29IN4O4. The van der Waals surface area contributed by atoms with Gasteiger partial charge in [-0.05, 0) is 25.0 Å². The van der Waals surface area contributed by atoms with Crippen molar-refractivity contribution in [3.05, 3.63) is 69.8 Å². The Kier molecular flexibility index (Phi) is 12.4. The molecule has 0 spiro atoms. The van der Waals surface area contributed by atoms with Crippen molar-refractivity contribution in [1.29, 1.82) is 0 Å². The highest BCUT2D eigenvalue weighted by atomic mass is 127. The number of ether oxygens (including phenoxy) is 2. The van der Waals surface area contributed by atoms with E-state index in [0.717, 1.165) is 29.8 Å². The molecule has 0 atom stereocenters. The van der Waals surface area contributed by atoms with E-state index in [0.29, 0.717) is 32.3 Å². The molecule has 2 N–H and O–H groups in total. The third kappa shape index (κ3) is 8.95. The predicted molar refractivity (Wildman–Crippen MR) is 129 cm³/mol. The molecule has 0 radical (unpaired) electrons. The summed E-state index contributed by atoms with van der Waals surface area (Å²) in [4.78, 5) is 15.0. The van der Waals surface area contributed by atoms with Crippen LogP contribution in [0.15, 0.2) is 53.5 Å².